The van der Waals surface area contributed by atoms with Crippen LogP contribution in [-0.4, -0.2) is 42.1 Å². The van der Waals surface area contributed by atoms with Gasteiger partial charge in [0.15, 0.2) is 6.61 Å². The normalized spacial score (nSPS) is 22.5. The molecule has 2 atom stereocenters. The summed E-state index contributed by atoms with van der Waals surface area (Å²) in [6.07, 6.45) is 4.26. The SMILES string of the molecule is C[C@H]1CCCC[C@@H]1NC(=O)NC(=O)COC(=O)c1ccc(C2SCCS2)cc1. The van der Waals surface area contributed by atoms with Crippen molar-refractivity contribution in [1.82, 2.24) is 10.6 Å². The molecule has 0 aromatic heterocycles. The molecule has 152 valence electrons. The summed E-state index contributed by atoms with van der Waals surface area (Å²) < 4.78 is 5.44. The van der Waals surface area contributed by atoms with Crippen LogP contribution in [0, 0.1) is 5.92 Å². The monoisotopic (exact) mass is 422 g/mol. The minimum Gasteiger partial charge on any atom is -0.452 e. The maximum Gasteiger partial charge on any atom is 0.338 e. The Balaban J connectivity index is 1.41. The van der Waals surface area contributed by atoms with Crippen molar-refractivity contribution in [3.05, 3.63) is 35.4 Å². The van der Waals surface area contributed by atoms with E-state index in [1.807, 2.05) is 35.7 Å². The molecule has 1 aromatic carbocycles. The van der Waals surface area contributed by atoms with Gasteiger partial charge in [0.05, 0.1) is 10.1 Å². The molecule has 2 aliphatic rings. The van der Waals surface area contributed by atoms with Gasteiger partial charge in [0.1, 0.15) is 0 Å². The van der Waals surface area contributed by atoms with Gasteiger partial charge in [-0.3, -0.25) is 10.1 Å². The Morgan fingerprint density at radius 3 is 2.43 bits per heavy atom. The number of ether oxygens (including phenoxy) is 1. The molecule has 3 amide bonds. The second-order valence-electron chi connectivity index (χ2n) is 7.16. The van der Waals surface area contributed by atoms with E-state index in [4.69, 9.17) is 4.74 Å². The fourth-order valence-corrected chi connectivity index (χ4v) is 6.30. The third-order valence-electron chi connectivity index (χ3n) is 5.06. The van der Waals surface area contributed by atoms with Crippen molar-refractivity contribution in [3.8, 4) is 0 Å². The summed E-state index contributed by atoms with van der Waals surface area (Å²) in [5.74, 6) is 1.47. The average molecular weight is 423 g/mol. The molecule has 6 nitrogen and oxygen atoms in total. The van der Waals surface area contributed by atoms with Gasteiger partial charge < -0.3 is 10.1 Å². The van der Waals surface area contributed by atoms with E-state index < -0.39 is 24.5 Å². The number of hydrogen-bond donors (Lipinski definition) is 2. The number of imide groups is 1. The highest BCUT2D eigenvalue weighted by Crippen LogP contribution is 2.45. The molecule has 28 heavy (non-hydrogen) atoms. The van der Waals surface area contributed by atoms with Crippen LogP contribution in [0.3, 0.4) is 0 Å². The number of benzene rings is 1. The summed E-state index contributed by atoms with van der Waals surface area (Å²) in [5, 5.41) is 5.07. The molecule has 0 unspecified atom stereocenters. The lowest BCUT2D eigenvalue weighted by Gasteiger charge is -2.29. The minimum absolute atomic E-state index is 0.0822. The number of amides is 3. The van der Waals surface area contributed by atoms with Gasteiger partial charge in [-0.15, -0.1) is 23.5 Å². The van der Waals surface area contributed by atoms with E-state index >= 15 is 0 Å². The maximum atomic E-state index is 12.1. The molecular formula is C20H26N2O4S2. The summed E-state index contributed by atoms with van der Waals surface area (Å²) >= 11 is 3.80. The van der Waals surface area contributed by atoms with Crippen LogP contribution >= 0.6 is 23.5 Å². The second-order valence-corrected chi connectivity index (χ2v) is 9.89. The van der Waals surface area contributed by atoms with E-state index in [0.29, 0.717) is 16.1 Å². The number of carbonyl (C=O) groups is 3. The molecule has 1 saturated carbocycles. The van der Waals surface area contributed by atoms with Crippen LogP contribution in [0.15, 0.2) is 24.3 Å². The van der Waals surface area contributed by atoms with Gasteiger partial charge in [0.2, 0.25) is 0 Å². The van der Waals surface area contributed by atoms with Gasteiger partial charge in [-0.05, 0) is 36.5 Å². The van der Waals surface area contributed by atoms with Gasteiger partial charge in [0, 0.05) is 17.5 Å². The molecule has 1 aromatic rings. The lowest BCUT2D eigenvalue weighted by Crippen LogP contribution is -2.48. The number of rotatable bonds is 5. The molecule has 0 radical (unpaired) electrons. The van der Waals surface area contributed by atoms with Crippen molar-refractivity contribution >= 4 is 41.4 Å². The number of urea groups is 1. The van der Waals surface area contributed by atoms with Crippen LogP contribution in [0.5, 0.6) is 0 Å². The zero-order valence-corrected chi connectivity index (χ0v) is 17.6. The van der Waals surface area contributed by atoms with Crippen LogP contribution in [-0.2, 0) is 9.53 Å². The number of thioether (sulfide) groups is 2. The summed E-state index contributed by atoms with van der Waals surface area (Å²) in [6.45, 7) is 1.62. The van der Waals surface area contributed by atoms with E-state index in [1.165, 1.54) is 12.0 Å². The maximum absolute atomic E-state index is 12.1. The van der Waals surface area contributed by atoms with Crippen molar-refractivity contribution in [2.24, 2.45) is 5.92 Å². The van der Waals surface area contributed by atoms with Gasteiger partial charge in [-0.2, -0.15) is 0 Å². The Hall–Kier alpha value is -1.67. The van der Waals surface area contributed by atoms with E-state index in [2.05, 4.69) is 17.6 Å². The lowest BCUT2D eigenvalue weighted by molar-refractivity contribution is -0.123. The Labute approximate surface area is 173 Å². The van der Waals surface area contributed by atoms with Gasteiger partial charge in [0.25, 0.3) is 5.91 Å². The highest BCUT2D eigenvalue weighted by Gasteiger charge is 2.23. The zero-order valence-electron chi connectivity index (χ0n) is 15.9. The van der Waals surface area contributed by atoms with E-state index in [9.17, 15) is 14.4 Å². The molecule has 1 aliphatic carbocycles. The molecule has 1 saturated heterocycles. The minimum atomic E-state index is -0.635. The van der Waals surface area contributed by atoms with E-state index in [-0.39, 0.29) is 6.04 Å². The van der Waals surface area contributed by atoms with Gasteiger partial charge in [-0.25, -0.2) is 9.59 Å². The lowest BCUT2D eigenvalue weighted by atomic mass is 9.86. The summed E-state index contributed by atoms with van der Waals surface area (Å²) in [7, 11) is 0. The van der Waals surface area contributed by atoms with Gasteiger partial charge >= 0.3 is 12.0 Å². The van der Waals surface area contributed by atoms with Crippen LogP contribution in [0.1, 0.15) is 53.1 Å². The molecule has 1 heterocycles. The second kappa shape index (κ2) is 10.2. The molecule has 0 spiro atoms. The van der Waals surface area contributed by atoms with Crippen molar-refractivity contribution < 1.29 is 19.1 Å². The quantitative estimate of drug-likeness (QED) is 0.704. The van der Waals surface area contributed by atoms with Crippen molar-refractivity contribution in [3.63, 3.8) is 0 Å². The predicted octanol–water partition coefficient (Wildman–Crippen LogP) is 3.73. The molecule has 2 N–H and O–H groups in total. The standard InChI is InChI=1S/C20H26N2O4S2/c1-13-4-2-3-5-16(13)21-20(25)22-17(23)12-26-18(24)14-6-8-15(9-7-14)19-27-10-11-28-19/h6-9,13,16,19H,2-5,10-12H2,1H3,(H2,21,22,23,25)/t13-,16-/m0/s1. The number of hydrogen-bond acceptors (Lipinski definition) is 6. The van der Waals surface area contributed by atoms with Crippen molar-refractivity contribution in [2.75, 3.05) is 18.1 Å². The Kier molecular flexibility index (Phi) is 7.67. The Bertz CT molecular complexity index is 705. The number of esters is 1. The smallest absolute Gasteiger partial charge is 0.338 e. The highest BCUT2D eigenvalue weighted by atomic mass is 32.2. The van der Waals surface area contributed by atoms with Crippen LogP contribution < -0.4 is 10.6 Å². The third kappa shape index (κ3) is 5.91. The first-order valence-electron chi connectivity index (χ1n) is 9.63. The molecule has 1 aliphatic heterocycles. The molecule has 3 rings (SSSR count). The van der Waals surface area contributed by atoms with Crippen LogP contribution in [0.2, 0.25) is 0 Å². The largest absolute Gasteiger partial charge is 0.452 e. The number of nitrogens with one attached hydrogen (secondary N) is 2. The fraction of sp³-hybridized carbons (Fsp3) is 0.550. The van der Waals surface area contributed by atoms with Gasteiger partial charge in [-0.1, -0.05) is 31.9 Å². The third-order valence-corrected chi connectivity index (χ3v) is 8.16. The summed E-state index contributed by atoms with van der Waals surface area (Å²) in [4.78, 5) is 36.0. The first-order chi connectivity index (χ1) is 13.5. The van der Waals surface area contributed by atoms with Crippen LogP contribution in [0.4, 0.5) is 4.79 Å². The summed E-state index contributed by atoms with van der Waals surface area (Å²) in [5.41, 5.74) is 1.57. The predicted molar refractivity (Wildman–Crippen MR) is 112 cm³/mol. The van der Waals surface area contributed by atoms with E-state index in [0.717, 1.165) is 30.8 Å². The molecule has 8 heteroatoms. The highest BCUT2D eigenvalue weighted by molar-refractivity contribution is 8.19. The Morgan fingerprint density at radius 1 is 1.07 bits per heavy atom. The average Bonchev–Trinajstić information content (AvgIpc) is 3.23. The molecule has 0 bridgehead atoms. The topological polar surface area (TPSA) is 84.5 Å². The Morgan fingerprint density at radius 2 is 1.75 bits per heavy atom. The van der Waals surface area contributed by atoms with E-state index in [1.54, 1.807) is 12.1 Å². The number of carbonyl (C=O) groups excluding carboxylic acids is 3. The molecular weight excluding hydrogens is 396 g/mol. The zero-order chi connectivity index (χ0) is 19.9. The summed E-state index contributed by atoms with van der Waals surface area (Å²) in [6, 6.07) is 6.82. The van der Waals surface area contributed by atoms with Crippen molar-refractivity contribution in [1.29, 1.82) is 0 Å². The first kappa shape index (κ1) is 21.0. The first-order valence-corrected chi connectivity index (χ1v) is 11.7. The van der Waals surface area contributed by atoms with Crippen LogP contribution in [0.25, 0.3) is 0 Å². The molecule has 2 fully saturated rings. The van der Waals surface area contributed by atoms with Crippen molar-refractivity contribution in [2.45, 2.75) is 43.2 Å². The fourth-order valence-electron chi connectivity index (χ4n) is 3.44.